The SMILES string of the molecule is Clc1cnc(NCCCOCC2CC2)nc1. The summed E-state index contributed by atoms with van der Waals surface area (Å²) in [4.78, 5) is 8.08. The molecule has 1 heterocycles. The van der Waals surface area contributed by atoms with Gasteiger partial charge in [0.15, 0.2) is 0 Å². The van der Waals surface area contributed by atoms with Crippen LogP contribution in [0.3, 0.4) is 0 Å². The van der Waals surface area contributed by atoms with Crippen LogP contribution < -0.4 is 5.32 Å². The van der Waals surface area contributed by atoms with Crippen LogP contribution in [0.15, 0.2) is 12.4 Å². The molecule has 0 aliphatic heterocycles. The highest BCUT2D eigenvalue weighted by molar-refractivity contribution is 6.30. The zero-order valence-corrected chi connectivity index (χ0v) is 9.91. The van der Waals surface area contributed by atoms with E-state index in [-0.39, 0.29) is 0 Å². The molecule has 0 spiro atoms. The minimum Gasteiger partial charge on any atom is -0.381 e. The van der Waals surface area contributed by atoms with Gasteiger partial charge in [0.1, 0.15) is 0 Å². The average Bonchev–Trinajstić information content (AvgIpc) is 3.10. The zero-order valence-electron chi connectivity index (χ0n) is 9.16. The van der Waals surface area contributed by atoms with Crippen LogP contribution in [0.4, 0.5) is 5.95 Å². The van der Waals surface area contributed by atoms with Gasteiger partial charge in [-0.3, -0.25) is 0 Å². The molecule has 0 bridgehead atoms. The maximum absolute atomic E-state index is 5.68. The molecule has 0 radical (unpaired) electrons. The number of nitrogens with one attached hydrogen (secondary N) is 1. The van der Waals surface area contributed by atoms with Crippen LogP contribution in [0.5, 0.6) is 0 Å². The van der Waals surface area contributed by atoms with Crippen molar-refractivity contribution in [3.8, 4) is 0 Å². The van der Waals surface area contributed by atoms with Gasteiger partial charge >= 0.3 is 0 Å². The van der Waals surface area contributed by atoms with Crippen LogP contribution >= 0.6 is 11.6 Å². The lowest BCUT2D eigenvalue weighted by molar-refractivity contribution is 0.124. The molecule has 1 fully saturated rings. The molecular weight excluding hydrogens is 226 g/mol. The molecule has 1 aliphatic rings. The Labute approximate surface area is 100 Å². The Kier molecular flexibility index (Phi) is 4.36. The number of hydrogen-bond donors (Lipinski definition) is 1. The van der Waals surface area contributed by atoms with Crippen molar-refractivity contribution in [1.82, 2.24) is 9.97 Å². The Hall–Kier alpha value is -0.870. The summed E-state index contributed by atoms with van der Waals surface area (Å²) >= 11 is 5.68. The summed E-state index contributed by atoms with van der Waals surface area (Å²) in [5, 5.41) is 3.67. The van der Waals surface area contributed by atoms with Crippen molar-refractivity contribution in [2.45, 2.75) is 19.3 Å². The van der Waals surface area contributed by atoms with Gasteiger partial charge in [0.05, 0.1) is 17.4 Å². The minimum atomic E-state index is 0.554. The van der Waals surface area contributed by atoms with Crippen molar-refractivity contribution < 1.29 is 4.74 Å². The van der Waals surface area contributed by atoms with Crippen LogP contribution in [-0.2, 0) is 4.74 Å². The third-order valence-electron chi connectivity index (χ3n) is 2.42. The van der Waals surface area contributed by atoms with Crippen LogP contribution in [0.1, 0.15) is 19.3 Å². The monoisotopic (exact) mass is 241 g/mol. The molecule has 1 saturated carbocycles. The number of nitrogens with zero attached hydrogens (tertiary/aromatic N) is 2. The number of rotatable bonds is 7. The summed E-state index contributed by atoms with van der Waals surface area (Å²) in [5.74, 6) is 1.46. The smallest absolute Gasteiger partial charge is 0.222 e. The van der Waals surface area contributed by atoms with Gasteiger partial charge < -0.3 is 10.1 Å². The van der Waals surface area contributed by atoms with Crippen molar-refractivity contribution in [3.05, 3.63) is 17.4 Å². The highest BCUT2D eigenvalue weighted by Crippen LogP contribution is 2.28. The molecular formula is C11H16ClN3O. The average molecular weight is 242 g/mol. The fraction of sp³-hybridized carbons (Fsp3) is 0.636. The van der Waals surface area contributed by atoms with Crippen LogP contribution in [0.2, 0.25) is 5.02 Å². The lowest BCUT2D eigenvalue weighted by Gasteiger charge is -2.05. The summed E-state index contributed by atoms with van der Waals surface area (Å²) in [6.45, 7) is 2.56. The Morgan fingerprint density at radius 3 is 2.81 bits per heavy atom. The molecule has 1 N–H and O–H groups in total. The summed E-state index contributed by atoms with van der Waals surface area (Å²) in [6.07, 6.45) is 6.83. The number of hydrogen-bond acceptors (Lipinski definition) is 4. The van der Waals surface area contributed by atoms with Crippen molar-refractivity contribution in [2.75, 3.05) is 25.1 Å². The van der Waals surface area contributed by atoms with E-state index in [1.54, 1.807) is 12.4 Å². The molecule has 1 aromatic rings. The van der Waals surface area contributed by atoms with Crippen molar-refractivity contribution in [3.63, 3.8) is 0 Å². The second-order valence-corrected chi connectivity index (χ2v) is 4.46. The predicted molar refractivity (Wildman–Crippen MR) is 63.7 cm³/mol. The summed E-state index contributed by atoms with van der Waals surface area (Å²) in [7, 11) is 0. The Morgan fingerprint density at radius 1 is 1.38 bits per heavy atom. The highest BCUT2D eigenvalue weighted by atomic mass is 35.5. The molecule has 0 aromatic carbocycles. The van der Waals surface area contributed by atoms with Gasteiger partial charge in [0, 0.05) is 19.8 Å². The van der Waals surface area contributed by atoms with Gasteiger partial charge in [-0.25, -0.2) is 9.97 Å². The first-order chi connectivity index (χ1) is 7.84. The largest absolute Gasteiger partial charge is 0.381 e. The highest BCUT2D eigenvalue weighted by Gasteiger charge is 2.20. The lowest BCUT2D eigenvalue weighted by Crippen LogP contribution is -2.08. The molecule has 1 aliphatic carbocycles. The lowest BCUT2D eigenvalue weighted by atomic mass is 10.4. The van der Waals surface area contributed by atoms with Crippen LogP contribution in [0.25, 0.3) is 0 Å². The van der Waals surface area contributed by atoms with Crippen molar-refractivity contribution in [2.24, 2.45) is 5.92 Å². The first kappa shape index (κ1) is 11.6. The van der Waals surface area contributed by atoms with Gasteiger partial charge in [0.2, 0.25) is 5.95 Å². The molecule has 88 valence electrons. The summed E-state index contributed by atoms with van der Waals surface area (Å²) < 4.78 is 5.51. The second-order valence-electron chi connectivity index (χ2n) is 4.02. The zero-order chi connectivity index (χ0) is 11.2. The summed E-state index contributed by atoms with van der Waals surface area (Å²) in [6, 6.07) is 0. The normalized spacial score (nSPS) is 15.1. The maximum atomic E-state index is 5.68. The van der Waals surface area contributed by atoms with E-state index in [9.17, 15) is 0 Å². The van der Waals surface area contributed by atoms with E-state index in [1.165, 1.54) is 12.8 Å². The van der Waals surface area contributed by atoms with Gasteiger partial charge in [-0.15, -0.1) is 0 Å². The van der Waals surface area contributed by atoms with Gasteiger partial charge in [0.25, 0.3) is 0 Å². The maximum Gasteiger partial charge on any atom is 0.222 e. The third-order valence-corrected chi connectivity index (χ3v) is 2.61. The molecule has 4 nitrogen and oxygen atoms in total. The minimum absolute atomic E-state index is 0.554. The van der Waals surface area contributed by atoms with E-state index < -0.39 is 0 Å². The standard InChI is InChI=1S/C11H16ClN3O/c12-10-6-14-11(15-7-10)13-4-1-5-16-8-9-2-3-9/h6-7,9H,1-5,8H2,(H,13,14,15). The molecule has 0 amide bonds. The van der Waals surface area contributed by atoms with Gasteiger partial charge in [-0.05, 0) is 25.2 Å². The molecule has 5 heteroatoms. The third kappa shape index (κ3) is 4.33. The topological polar surface area (TPSA) is 47.0 Å². The molecule has 2 rings (SSSR count). The Morgan fingerprint density at radius 2 is 2.12 bits per heavy atom. The number of anilines is 1. The van der Waals surface area contributed by atoms with E-state index in [1.807, 2.05) is 0 Å². The van der Waals surface area contributed by atoms with Gasteiger partial charge in [-0.2, -0.15) is 0 Å². The summed E-state index contributed by atoms with van der Waals surface area (Å²) in [5.41, 5.74) is 0. The van der Waals surface area contributed by atoms with E-state index in [4.69, 9.17) is 16.3 Å². The quantitative estimate of drug-likeness (QED) is 0.745. The molecule has 16 heavy (non-hydrogen) atoms. The van der Waals surface area contributed by atoms with E-state index in [0.717, 1.165) is 32.1 Å². The Balaban J connectivity index is 1.51. The predicted octanol–water partition coefficient (Wildman–Crippen LogP) is 2.36. The molecule has 0 saturated heterocycles. The van der Waals surface area contributed by atoms with E-state index in [2.05, 4.69) is 15.3 Å². The van der Waals surface area contributed by atoms with Gasteiger partial charge in [-0.1, -0.05) is 11.6 Å². The molecule has 1 aromatic heterocycles. The fourth-order valence-corrected chi connectivity index (χ4v) is 1.41. The van der Waals surface area contributed by atoms with Crippen molar-refractivity contribution in [1.29, 1.82) is 0 Å². The number of aromatic nitrogens is 2. The Bertz CT molecular complexity index is 314. The first-order valence-electron chi connectivity index (χ1n) is 5.64. The first-order valence-corrected chi connectivity index (χ1v) is 6.01. The molecule has 0 atom stereocenters. The van der Waals surface area contributed by atoms with Crippen LogP contribution in [0, 0.1) is 5.92 Å². The van der Waals surface area contributed by atoms with Crippen molar-refractivity contribution >= 4 is 17.5 Å². The number of halogens is 1. The number of ether oxygens (including phenoxy) is 1. The van der Waals surface area contributed by atoms with Crippen LogP contribution in [-0.4, -0.2) is 29.7 Å². The molecule has 0 unspecified atom stereocenters. The van der Waals surface area contributed by atoms with E-state index in [0.29, 0.717) is 11.0 Å². The van der Waals surface area contributed by atoms with E-state index >= 15 is 0 Å². The second kappa shape index (κ2) is 6.01. The fourth-order valence-electron chi connectivity index (χ4n) is 1.31.